The number of benzene rings is 1. The fourth-order valence-corrected chi connectivity index (χ4v) is 5.05. The zero-order valence-electron chi connectivity index (χ0n) is 16.7. The van der Waals surface area contributed by atoms with Gasteiger partial charge in [0.15, 0.2) is 11.5 Å². The number of rotatable bonds is 3. The van der Waals surface area contributed by atoms with Gasteiger partial charge in [0.05, 0.1) is 24.7 Å². The molecule has 28 heavy (non-hydrogen) atoms. The third-order valence-corrected chi connectivity index (χ3v) is 6.69. The Hall–Kier alpha value is -2.31. The third-order valence-electron chi connectivity index (χ3n) is 6.69. The fourth-order valence-electron chi connectivity index (χ4n) is 5.05. The summed E-state index contributed by atoms with van der Waals surface area (Å²) in [6.45, 7) is 4.87. The first kappa shape index (κ1) is 17.8. The maximum atomic E-state index is 6.02. The molecule has 1 fully saturated rings. The van der Waals surface area contributed by atoms with Crippen LogP contribution in [0.25, 0.3) is 6.08 Å². The number of hydrogen-bond acceptors (Lipinski definition) is 5. The largest absolute Gasteiger partial charge is 0.493 e. The first-order chi connectivity index (χ1) is 13.7. The molecule has 1 aromatic carbocycles. The summed E-state index contributed by atoms with van der Waals surface area (Å²) < 4.78 is 11.4. The smallest absolute Gasteiger partial charge is 0.168 e. The SMILES string of the molecule is COc1cccc2c1OCC(CN1CCC3(CC1)c1nc[nH]c1CCN3C)=C2. The van der Waals surface area contributed by atoms with E-state index >= 15 is 0 Å². The molecule has 0 unspecified atom stereocenters. The van der Waals surface area contributed by atoms with Gasteiger partial charge in [-0.2, -0.15) is 0 Å². The number of nitrogens with zero attached hydrogens (tertiary/aromatic N) is 3. The van der Waals surface area contributed by atoms with Gasteiger partial charge < -0.3 is 14.5 Å². The lowest BCUT2D eigenvalue weighted by atomic mass is 9.79. The second-order valence-electron chi connectivity index (χ2n) is 8.18. The molecule has 4 heterocycles. The molecule has 3 aliphatic heterocycles. The van der Waals surface area contributed by atoms with Gasteiger partial charge in [0.1, 0.15) is 6.61 Å². The molecule has 3 aliphatic rings. The molecular formula is C22H28N4O2. The van der Waals surface area contributed by atoms with Crippen molar-refractivity contribution in [2.24, 2.45) is 0 Å². The van der Waals surface area contributed by atoms with Crippen LogP contribution < -0.4 is 9.47 Å². The van der Waals surface area contributed by atoms with Crippen molar-refractivity contribution >= 4 is 6.08 Å². The Balaban J connectivity index is 1.29. The standard InChI is InChI=1S/C22H28N4O2/c1-25-9-6-18-21(24-15-23-18)22(25)7-10-26(11-8-22)13-16-12-17-4-3-5-19(27-2)20(17)28-14-16/h3-5,12,15H,6-11,13-14H2,1-2H3,(H,23,24). The summed E-state index contributed by atoms with van der Waals surface area (Å²) in [6.07, 6.45) is 7.46. The summed E-state index contributed by atoms with van der Waals surface area (Å²) in [5, 5.41) is 0. The van der Waals surface area contributed by atoms with E-state index in [9.17, 15) is 0 Å². The highest BCUT2D eigenvalue weighted by atomic mass is 16.5. The van der Waals surface area contributed by atoms with Gasteiger partial charge >= 0.3 is 0 Å². The first-order valence-electron chi connectivity index (χ1n) is 10.2. The van der Waals surface area contributed by atoms with E-state index in [2.05, 4.69) is 34.0 Å². The van der Waals surface area contributed by atoms with Crippen LogP contribution in [0.5, 0.6) is 11.5 Å². The van der Waals surface area contributed by atoms with Gasteiger partial charge in [0, 0.05) is 43.9 Å². The maximum absolute atomic E-state index is 6.02. The number of para-hydroxylation sites is 1. The van der Waals surface area contributed by atoms with Gasteiger partial charge in [-0.1, -0.05) is 12.1 Å². The number of likely N-dealkylation sites (N-methyl/N-ethyl adjacent to an activating group) is 1. The van der Waals surface area contributed by atoms with Crippen LogP contribution in [0.2, 0.25) is 0 Å². The topological polar surface area (TPSA) is 53.6 Å². The Bertz CT molecular complexity index is 896. The van der Waals surface area contributed by atoms with Crippen LogP contribution in [-0.2, 0) is 12.0 Å². The molecule has 1 spiro atoms. The monoisotopic (exact) mass is 380 g/mol. The van der Waals surface area contributed by atoms with Gasteiger partial charge in [0.25, 0.3) is 0 Å². The van der Waals surface area contributed by atoms with E-state index in [-0.39, 0.29) is 5.54 Å². The van der Waals surface area contributed by atoms with E-state index in [1.807, 2.05) is 18.5 Å². The van der Waals surface area contributed by atoms with Crippen molar-refractivity contribution < 1.29 is 9.47 Å². The first-order valence-corrected chi connectivity index (χ1v) is 10.2. The number of aromatic nitrogens is 2. The molecule has 2 aromatic rings. The second kappa shape index (κ2) is 6.94. The summed E-state index contributed by atoms with van der Waals surface area (Å²) in [6, 6.07) is 6.06. The van der Waals surface area contributed by atoms with Crippen molar-refractivity contribution in [3.05, 3.63) is 47.1 Å². The van der Waals surface area contributed by atoms with Crippen LogP contribution in [-0.4, -0.2) is 66.7 Å². The van der Waals surface area contributed by atoms with Crippen molar-refractivity contribution in [2.75, 3.05) is 46.9 Å². The van der Waals surface area contributed by atoms with E-state index < -0.39 is 0 Å². The highest BCUT2D eigenvalue weighted by molar-refractivity contribution is 5.66. The summed E-state index contributed by atoms with van der Waals surface area (Å²) >= 11 is 0. The molecular weight excluding hydrogens is 352 g/mol. The van der Waals surface area contributed by atoms with E-state index in [1.165, 1.54) is 17.0 Å². The van der Waals surface area contributed by atoms with Crippen molar-refractivity contribution in [3.63, 3.8) is 0 Å². The number of piperidine rings is 1. The molecule has 1 N–H and O–H groups in total. The van der Waals surface area contributed by atoms with Crippen LogP contribution in [0.4, 0.5) is 0 Å². The van der Waals surface area contributed by atoms with E-state index in [1.54, 1.807) is 7.11 Å². The van der Waals surface area contributed by atoms with Crippen molar-refractivity contribution in [2.45, 2.75) is 24.8 Å². The van der Waals surface area contributed by atoms with Crippen LogP contribution in [0, 0.1) is 0 Å². The van der Waals surface area contributed by atoms with E-state index in [0.717, 1.165) is 62.5 Å². The number of ether oxygens (including phenoxy) is 2. The number of H-pyrrole nitrogens is 1. The summed E-state index contributed by atoms with van der Waals surface area (Å²) in [7, 11) is 3.95. The Labute approximate surface area is 166 Å². The lowest BCUT2D eigenvalue weighted by Gasteiger charge is -2.49. The van der Waals surface area contributed by atoms with Crippen molar-refractivity contribution in [3.8, 4) is 11.5 Å². The highest BCUT2D eigenvalue weighted by Crippen LogP contribution is 2.41. The highest BCUT2D eigenvalue weighted by Gasteiger charge is 2.44. The Morgan fingerprint density at radius 1 is 1.25 bits per heavy atom. The molecule has 1 aromatic heterocycles. The number of methoxy groups -OCH3 is 1. The van der Waals surface area contributed by atoms with Crippen LogP contribution in [0.1, 0.15) is 29.8 Å². The predicted octanol–water partition coefficient (Wildman–Crippen LogP) is 2.67. The Morgan fingerprint density at radius 3 is 2.93 bits per heavy atom. The van der Waals surface area contributed by atoms with Gasteiger partial charge in [-0.15, -0.1) is 0 Å². The number of fused-ring (bicyclic) bond motifs is 3. The number of hydrogen-bond donors (Lipinski definition) is 1. The van der Waals surface area contributed by atoms with Gasteiger partial charge in [-0.3, -0.25) is 9.80 Å². The fraction of sp³-hybridized carbons (Fsp3) is 0.500. The normalized spacial score (nSPS) is 21.6. The molecule has 0 amide bonds. The van der Waals surface area contributed by atoms with Crippen molar-refractivity contribution in [1.82, 2.24) is 19.8 Å². The quantitative estimate of drug-likeness (QED) is 0.887. The van der Waals surface area contributed by atoms with Gasteiger partial charge in [0.2, 0.25) is 0 Å². The molecule has 148 valence electrons. The average Bonchev–Trinajstić information content (AvgIpc) is 3.22. The summed E-state index contributed by atoms with van der Waals surface area (Å²) in [5.74, 6) is 1.67. The summed E-state index contributed by atoms with van der Waals surface area (Å²) in [4.78, 5) is 13.1. The van der Waals surface area contributed by atoms with Crippen LogP contribution in [0.15, 0.2) is 30.1 Å². The van der Waals surface area contributed by atoms with Gasteiger partial charge in [-0.25, -0.2) is 4.98 Å². The molecule has 0 aliphatic carbocycles. The second-order valence-corrected chi connectivity index (χ2v) is 8.18. The minimum absolute atomic E-state index is 0.0987. The zero-order chi connectivity index (χ0) is 19.1. The Kier molecular flexibility index (Phi) is 4.40. The predicted molar refractivity (Wildman–Crippen MR) is 109 cm³/mol. The van der Waals surface area contributed by atoms with Gasteiger partial charge in [-0.05, 0) is 37.6 Å². The third kappa shape index (κ3) is 2.83. The average molecular weight is 380 g/mol. The van der Waals surface area contributed by atoms with Crippen molar-refractivity contribution in [1.29, 1.82) is 0 Å². The minimum Gasteiger partial charge on any atom is -0.493 e. The molecule has 0 saturated carbocycles. The lowest BCUT2D eigenvalue weighted by molar-refractivity contribution is 0.0268. The number of aromatic amines is 1. The summed E-state index contributed by atoms with van der Waals surface area (Å²) in [5.41, 5.74) is 5.15. The van der Waals surface area contributed by atoms with Crippen LogP contribution >= 0.6 is 0 Å². The Morgan fingerprint density at radius 2 is 2.11 bits per heavy atom. The molecule has 0 bridgehead atoms. The van der Waals surface area contributed by atoms with E-state index in [4.69, 9.17) is 14.5 Å². The molecule has 6 nitrogen and oxygen atoms in total. The number of nitrogens with one attached hydrogen (secondary N) is 1. The molecule has 0 atom stereocenters. The lowest BCUT2D eigenvalue weighted by Crippen LogP contribution is -2.55. The minimum atomic E-state index is 0.0987. The van der Waals surface area contributed by atoms with Crippen LogP contribution in [0.3, 0.4) is 0 Å². The molecule has 6 heteroatoms. The molecule has 0 radical (unpaired) electrons. The number of imidazole rings is 1. The number of likely N-dealkylation sites (tertiary alicyclic amines) is 1. The zero-order valence-corrected chi connectivity index (χ0v) is 16.7. The molecule has 5 rings (SSSR count). The maximum Gasteiger partial charge on any atom is 0.168 e. The molecule has 1 saturated heterocycles. The van der Waals surface area contributed by atoms with E-state index in [0.29, 0.717) is 6.61 Å².